The van der Waals surface area contributed by atoms with E-state index in [1.165, 1.54) is 12.1 Å². The van der Waals surface area contributed by atoms with Crippen LogP contribution >= 0.6 is 0 Å². The molecule has 0 saturated heterocycles. The minimum atomic E-state index is -0.340. The molecule has 0 atom stereocenters. The Balaban J connectivity index is 1.81. The number of carbonyl (C=O) groups excluding carboxylic acids is 1. The third-order valence-electron chi connectivity index (χ3n) is 4.42. The van der Waals surface area contributed by atoms with Crippen molar-refractivity contribution in [1.82, 2.24) is 15.5 Å². The topological polar surface area (TPSA) is 77.2 Å². The van der Waals surface area contributed by atoms with Gasteiger partial charge in [0.1, 0.15) is 11.5 Å². The summed E-state index contributed by atoms with van der Waals surface area (Å²) in [6.45, 7) is 0.818. The molecule has 4 rings (SSSR count). The highest BCUT2D eigenvalue weighted by molar-refractivity contribution is 6.09. The monoisotopic (exact) mass is 355 g/mol. The zero-order valence-corrected chi connectivity index (χ0v) is 14.3. The summed E-state index contributed by atoms with van der Waals surface area (Å²) in [7, 11) is 1.58. The van der Waals surface area contributed by atoms with E-state index >= 15 is 0 Å². The van der Waals surface area contributed by atoms with Gasteiger partial charge in [-0.2, -0.15) is 0 Å². The molecule has 1 amide bonds. The third-order valence-corrected chi connectivity index (χ3v) is 4.42. The molecule has 0 unspecified atom stereocenters. The first-order valence-electron chi connectivity index (χ1n) is 8.50. The molecule has 1 saturated carbocycles. The number of nitrogens with zero attached hydrogens (tertiary/aromatic N) is 2. The molecule has 1 aliphatic rings. The van der Waals surface area contributed by atoms with Crippen LogP contribution in [0.25, 0.3) is 22.4 Å². The number of aromatic nitrogens is 2. The number of methoxy groups -OCH3 is 1. The molecule has 7 heteroatoms. The fourth-order valence-corrected chi connectivity index (χ4v) is 2.90. The molecule has 2 heterocycles. The maximum atomic E-state index is 13.2. The molecule has 0 radical (unpaired) electrons. The highest BCUT2D eigenvalue weighted by atomic mass is 19.1. The Bertz CT molecular complexity index is 949. The third kappa shape index (κ3) is 3.17. The quantitative estimate of drug-likeness (QED) is 0.687. The van der Waals surface area contributed by atoms with Crippen LogP contribution in [0, 0.1) is 5.82 Å². The van der Waals surface area contributed by atoms with Crippen molar-refractivity contribution in [3.05, 3.63) is 47.4 Å². The smallest absolute Gasteiger partial charge is 0.259 e. The van der Waals surface area contributed by atoms with Gasteiger partial charge >= 0.3 is 0 Å². The Kier molecular flexibility index (Phi) is 4.38. The molecule has 1 N–H and O–H groups in total. The first kappa shape index (κ1) is 16.7. The summed E-state index contributed by atoms with van der Waals surface area (Å²) in [6.07, 6.45) is 2.12. The van der Waals surface area contributed by atoms with Crippen molar-refractivity contribution in [2.75, 3.05) is 20.3 Å². The lowest BCUT2D eigenvalue weighted by Gasteiger charge is -2.08. The van der Waals surface area contributed by atoms with Crippen molar-refractivity contribution in [2.45, 2.75) is 18.8 Å². The van der Waals surface area contributed by atoms with Crippen LogP contribution in [0.3, 0.4) is 0 Å². The number of hydrogen-bond acceptors (Lipinski definition) is 5. The number of hydrogen-bond donors (Lipinski definition) is 1. The number of amides is 1. The number of pyridine rings is 1. The summed E-state index contributed by atoms with van der Waals surface area (Å²) < 4.78 is 23.6. The van der Waals surface area contributed by atoms with Crippen LogP contribution in [-0.2, 0) is 4.74 Å². The van der Waals surface area contributed by atoms with Crippen LogP contribution in [0.2, 0.25) is 0 Å². The second-order valence-electron chi connectivity index (χ2n) is 6.34. The Morgan fingerprint density at radius 1 is 1.35 bits per heavy atom. The number of nitrogens with one attached hydrogen (secondary N) is 1. The highest BCUT2D eigenvalue weighted by Crippen LogP contribution is 2.41. The zero-order chi connectivity index (χ0) is 18.1. The van der Waals surface area contributed by atoms with Crippen LogP contribution in [0.15, 0.2) is 34.9 Å². The summed E-state index contributed by atoms with van der Waals surface area (Å²) in [5.74, 6) is -0.208. The predicted octanol–water partition coefficient (Wildman–Crippen LogP) is 3.28. The molecule has 1 fully saturated rings. The molecule has 6 nitrogen and oxygen atoms in total. The number of rotatable bonds is 6. The van der Waals surface area contributed by atoms with Gasteiger partial charge in [-0.15, -0.1) is 0 Å². The van der Waals surface area contributed by atoms with Crippen molar-refractivity contribution in [2.24, 2.45) is 0 Å². The van der Waals surface area contributed by atoms with Crippen LogP contribution in [0.5, 0.6) is 0 Å². The van der Waals surface area contributed by atoms with Gasteiger partial charge in [0.25, 0.3) is 11.6 Å². The number of fused-ring (bicyclic) bond motifs is 1. The standard InChI is InChI=1S/C19H18FN3O3/c1-25-9-8-21-18(24)14-10-15(11-2-3-11)22-19-16(14)17(23-26-19)12-4-6-13(20)7-5-12/h4-7,10-11H,2-3,8-9H2,1H3,(H,21,24). The van der Waals surface area contributed by atoms with Gasteiger partial charge in [0.05, 0.1) is 17.6 Å². The van der Waals surface area contributed by atoms with Crippen molar-refractivity contribution >= 4 is 17.0 Å². The van der Waals surface area contributed by atoms with E-state index in [1.54, 1.807) is 19.2 Å². The van der Waals surface area contributed by atoms with Crippen molar-refractivity contribution in [1.29, 1.82) is 0 Å². The Labute approximate surface area is 149 Å². The fourth-order valence-electron chi connectivity index (χ4n) is 2.90. The van der Waals surface area contributed by atoms with E-state index in [4.69, 9.17) is 9.26 Å². The van der Waals surface area contributed by atoms with E-state index in [0.29, 0.717) is 47.0 Å². The second kappa shape index (κ2) is 6.84. The maximum Gasteiger partial charge on any atom is 0.259 e. The lowest BCUT2D eigenvalue weighted by atomic mass is 10.0. The molecule has 3 aromatic rings. The van der Waals surface area contributed by atoms with Gasteiger partial charge < -0.3 is 14.6 Å². The van der Waals surface area contributed by atoms with Crippen LogP contribution < -0.4 is 5.32 Å². The van der Waals surface area contributed by atoms with Gasteiger partial charge in [-0.1, -0.05) is 5.16 Å². The predicted molar refractivity (Wildman–Crippen MR) is 93.4 cm³/mol. The normalized spacial score (nSPS) is 13.9. The molecular formula is C19H18FN3O3. The summed E-state index contributed by atoms with van der Waals surface area (Å²) in [4.78, 5) is 17.3. The lowest BCUT2D eigenvalue weighted by molar-refractivity contribution is 0.0938. The van der Waals surface area contributed by atoms with Crippen molar-refractivity contribution < 1.29 is 18.4 Å². The summed E-state index contributed by atoms with van der Waals surface area (Å²) >= 11 is 0. The number of benzene rings is 1. The van der Waals surface area contributed by atoms with Gasteiger partial charge in [-0.25, -0.2) is 9.37 Å². The summed E-state index contributed by atoms with van der Waals surface area (Å²) in [6, 6.07) is 7.72. The molecular weight excluding hydrogens is 337 g/mol. The molecule has 0 aliphatic heterocycles. The molecule has 1 aromatic carbocycles. The molecule has 0 bridgehead atoms. The maximum absolute atomic E-state index is 13.2. The van der Waals surface area contributed by atoms with E-state index in [-0.39, 0.29) is 11.7 Å². The second-order valence-corrected chi connectivity index (χ2v) is 6.34. The lowest BCUT2D eigenvalue weighted by Crippen LogP contribution is -2.27. The van der Waals surface area contributed by atoms with Gasteiger partial charge in [0.2, 0.25) is 0 Å². The van der Waals surface area contributed by atoms with Crippen LogP contribution in [0.1, 0.15) is 34.8 Å². The SMILES string of the molecule is COCCNC(=O)c1cc(C2CC2)nc2onc(-c3ccc(F)cc3)c12. The minimum absolute atomic E-state index is 0.233. The largest absolute Gasteiger partial charge is 0.383 e. The zero-order valence-electron chi connectivity index (χ0n) is 14.3. The number of halogens is 1. The molecule has 1 aliphatic carbocycles. The van der Waals surface area contributed by atoms with E-state index in [0.717, 1.165) is 18.5 Å². The van der Waals surface area contributed by atoms with Crippen LogP contribution in [-0.4, -0.2) is 36.3 Å². The van der Waals surface area contributed by atoms with Crippen LogP contribution in [0.4, 0.5) is 4.39 Å². The van der Waals surface area contributed by atoms with Crippen molar-refractivity contribution in [3.8, 4) is 11.3 Å². The Hall–Kier alpha value is -2.80. The summed E-state index contributed by atoms with van der Waals surface area (Å²) in [5.41, 5.74) is 2.78. The number of carbonyl (C=O) groups is 1. The van der Waals surface area contributed by atoms with E-state index in [2.05, 4.69) is 15.5 Å². The van der Waals surface area contributed by atoms with E-state index < -0.39 is 0 Å². The first-order valence-corrected chi connectivity index (χ1v) is 8.50. The summed E-state index contributed by atoms with van der Waals surface area (Å²) in [5, 5.41) is 7.46. The highest BCUT2D eigenvalue weighted by Gasteiger charge is 2.29. The van der Waals surface area contributed by atoms with Gasteiger partial charge in [0.15, 0.2) is 0 Å². The average molecular weight is 355 g/mol. The van der Waals surface area contributed by atoms with Crippen molar-refractivity contribution in [3.63, 3.8) is 0 Å². The molecule has 26 heavy (non-hydrogen) atoms. The van der Waals surface area contributed by atoms with Gasteiger partial charge in [-0.3, -0.25) is 4.79 Å². The van der Waals surface area contributed by atoms with Gasteiger partial charge in [0, 0.05) is 30.8 Å². The van der Waals surface area contributed by atoms with E-state index in [9.17, 15) is 9.18 Å². The van der Waals surface area contributed by atoms with E-state index in [1.807, 2.05) is 6.07 Å². The number of ether oxygens (including phenoxy) is 1. The first-order chi connectivity index (χ1) is 12.7. The van der Waals surface area contributed by atoms with Gasteiger partial charge in [-0.05, 0) is 43.2 Å². The Morgan fingerprint density at radius 2 is 2.12 bits per heavy atom. The molecule has 0 spiro atoms. The molecule has 2 aromatic heterocycles. The molecule has 134 valence electrons. The average Bonchev–Trinajstić information content (AvgIpc) is 3.41. The Morgan fingerprint density at radius 3 is 2.81 bits per heavy atom. The fraction of sp³-hybridized carbons (Fsp3) is 0.316. The minimum Gasteiger partial charge on any atom is -0.383 e.